The van der Waals surface area contributed by atoms with Gasteiger partial charge >= 0.3 is 5.69 Å². The number of rotatable bonds is 8. The lowest BCUT2D eigenvalue weighted by Gasteiger charge is -2.11. The van der Waals surface area contributed by atoms with Gasteiger partial charge in [0.25, 0.3) is 0 Å². The Kier molecular flexibility index (Phi) is 6.58. The zero-order chi connectivity index (χ0) is 25.1. The minimum absolute atomic E-state index is 0.0310. The summed E-state index contributed by atoms with van der Waals surface area (Å²) in [5, 5.41) is 14.3. The van der Waals surface area contributed by atoms with Crippen molar-refractivity contribution in [2.75, 3.05) is 0 Å². The molecule has 182 valence electrons. The molecule has 0 saturated carbocycles. The van der Waals surface area contributed by atoms with Crippen LogP contribution in [0.25, 0.3) is 28.2 Å². The van der Waals surface area contributed by atoms with E-state index in [9.17, 15) is 4.79 Å². The fraction of sp³-hybridized carbons (Fsp3) is 0.250. The molecule has 0 radical (unpaired) electrons. The highest BCUT2D eigenvalue weighted by Gasteiger charge is 2.17. The number of hydrogen-bond acceptors (Lipinski definition) is 5. The van der Waals surface area contributed by atoms with Gasteiger partial charge in [-0.2, -0.15) is 0 Å². The number of aromatic nitrogens is 7. The minimum atomic E-state index is -0.0310. The van der Waals surface area contributed by atoms with Gasteiger partial charge in [0.2, 0.25) is 0 Å². The molecule has 0 aliphatic carbocycles. The lowest BCUT2D eigenvalue weighted by molar-refractivity contribution is 0.678. The largest absolute Gasteiger partial charge is 0.333 e. The molecule has 0 saturated heterocycles. The van der Waals surface area contributed by atoms with Crippen molar-refractivity contribution in [3.05, 3.63) is 100.0 Å². The first-order valence-electron chi connectivity index (χ1n) is 12.3. The van der Waals surface area contributed by atoms with E-state index in [1.165, 1.54) is 5.56 Å². The van der Waals surface area contributed by atoms with Gasteiger partial charge in [0, 0.05) is 29.2 Å². The SMILES string of the molecule is CCCc1cn(-c2c(C)cccc2CC)c(=O)n1Cc1ccc(-c2ccccc2-c2nnn[nH]2)cn1. The number of imidazole rings is 1. The van der Waals surface area contributed by atoms with E-state index >= 15 is 0 Å². The van der Waals surface area contributed by atoms with Crippen LogP contribution in [0.4, 0.5) is 0 Å². The van der Waals surface area contributed by atoms with Crippen LogP contribution in [-0.4, -0.2) is 34.7 Å². The second-order valence-corrected chi connectivity index (χ2v) is 8.88. The summed E-state index contributed by atoms with van der Waals surface area (Å²) in [4.78, 5) is 18.3. The fourth-order valence-electron chi connectivity index (χ4n) is 4.72. The molecule has 3 heterocycles. The van der Waals surface area contributed by atoms with E-state index in [0.717, 1.165) is 58.6 Å². The molecule has 0 bridgehead atoms. The minimum Gasteiger partial charge on any atom is -0.290 e. The fourth-order valence-corrected chi connectivity index (χ4v) is 4.72. The van der Waals surface area contributed by atoms with Crippen molar-refractivity contribution in [3.8, 4) is 28.2 Å². The molecule has 0 unspecified atom stereocenters. The predicted octanol–water partition coefficient (Wildman–Crippen LogP) is 4.75. The van der Waals surface area contributed by atoms with Crippen molar-refractivity contribution in [3.63, 3.8) is 0 Å². The summed E-state index contributed by atoms with van der Waals surface area (Å²) in [6.45, 7) is 6.73. The van der Waals surface area contributed by atoms with Gasteiger partial charge in [-0.25, -0.2) is 9.89 Å². The number of nitrogens with zero attached hydrogens (tertiary/aromatic N) is 6. The molecule has 5 rings (SSSR count). The molecule has 8 nitrogen and oxygen atoms in total. The highest BCUT2D eigenvalue weighted by molar-refractivity contribution is 5.79. The van der Waals surface area contributed by atoms with Crippen molar-refractivity contribution in [2.24, 2.45) is 0 Å². The molecule has 0 atom stereocenters. The summed E-state index contributed by atoms with van der Waals surface area (Å²) in [7, 11) is 0. The number of aromatic amines is 1. The molecular weight excluding hydrogens is 450 g/mol. The highest BCUT2D eigenvalue weighted by Crippen LogP contribution is 2.29. The predicted molar refractivity (Wildman–Crippen MR) is 140 cm³/mol. The number of H-pyrrole nitrogens is 1. The molecule has 0 aliphatic rings. The van der Waals surface area contributed by atoms with Gasteiger partial charge in [0.1, 0.15) is 0 Å². The summed E-state index contributed by atoms with van der Waals surface area (Å²) in [5.74, 6) is 0.606. The third-order valence-corrected chi connectivity index (χ3v) is 6.49. The lowest BCUT2D eigenvalue weighted by atomic mass is 10.0. The number of aryl methyl sites for hydroxylation is 3. The monoisotopic (exact) mass is 479 g/mol. The highest BCUT2D eigenvalue weighted by atomic mass is 16.1. The Bertz CT molecular complexity index is 1530. The van der Waals surface area contributed by atoms with Crippen LogP contribution < -0.4 is 5.69 Å². The van der Waals surface area contributed by atoms with E-state index in [0.29, 0.717) is 12.4 Å². The molecule has 8 heteroatoms. The molecule has 0 amide bonds. The quantitative estimate of drug-likeness (QED) is 0.347. The van der Waals surface area contributed by atoms with Crippen LogP contribution in [0.5, 0.6) is 0 Å². The van der Waals surface area contributed by atoms with Crippen LogP contribution in [0, 0.1) is 6.92 Å². The number of para-hydroxylation sites is 1. The van der Waals surface area contributed by atoms with E-state index in [2.05, 4.69) is 59.6 Å². The maximum Gasteiger partial charge on any atom is 0.333 e. The normalized spacial score (nSPS) is 11.2. The van der Waals surface area contributed by atoms with Crippen LogP contribution >= 0.6 is 0 Å². The van der Waals surface area contributed by atoms with Crippen LogP contribution in [-0.2, 0) is 19.4 Å². The molecule has 1 N–H and O–H groups in total. The van der Waals surface area contributed by atoms with E-state index < -0.39 is 0 Å². The van der Waals surface area contributed by atoms with Crippen molar-refractivity contribution < 1.29 is 0 Å². The zero-order valence-electron chi connectivity index (χ0n) is 20.8. The van der Waals surface area contributed by atoms with Crippen molar-refractivity contribution >= 4 is 0 Å². The van der Waals surface area contributed by atoms with Gasteiger partial charge in [-0.1, -0.05) is 68.8 Å². The Morgan fingerprint density at radius 2 is 1.81 bits per heavy atom. The molecule has 36 heavy (non-hydrogen) atoms. The Morgan fingerprint density at radius 1 is 0.972 bits per heavy atom. The topological polar surface area (TPSA) is 94.3 Å². The van der Waals surface area contributed by atoms with Crippen LogP contribution in [0.2, 0.25) is 0 Å². The van der Waals surface area contributed by atoms with Gasteiger partial charge in [-0.3, -0.25) is 14.1 Å². The van der Waals surface area contributed by atoms with E-state index in [-0.39, 0.29) is 5.69 Å². The molecule has 3 aromatic heterocycles. The third kappa shape index (κ3) is 4.37. The van der Waals surface area contributed by atoms with Crippen LogP contribution in [0.3, 0.4) is 0 Å². The first-order valence-corrected chi connectivity index (χ1v) is 12.3. The Balaban J connectivity index is 1.50. The van der Waals surface area contributed by atoms with Crippen LogP contribution in [0.1, 0.15) is 42.8 Å². The first-order chi connectivity index (χ1) is 17.6. The Hall–Kier alpha value is -4.33. The smallest absolute Gasteiger partial charge is 0.290 e. The van der Waals surface area contributed by atoms with Crippen molar-refractivity contribution in [1.82, 2.24) is 34.7 Å². The average Bonchev–Trinajstić information content (AvgIpc) is 3.54. The van der Waals surface area contributed by atoms with E-state index in [4.69, 9.17) is 4.98 Å². The molecule has 0 spiro atoms. The summed E-state index contributed by atoms with van der Waals surface area (Å²) in [6, 6.07) is 18.1. The maximum absolute atomic E-state index is 13.6. The molecule has 2 aromatic carbocycles. The summed E-state index contributed by atoms with van der Waals surface area (Å²) in [5.41, 5.74) is 7.91. The molecule has 0 aliphatic heterocycles. The molecule has 0 fully saturated rings. The Morgan fingerprint density at radius 3 is 2.50 bits per heavy atom. The number of hydrogen-bond donors (Lipinski definition) is 1. The van der Waals surface area contributed by atoms with E-state index in [1.807, 2.05) is 57.9 Å². The van der Waals surface area contributed by atoms with Crippen molar-refractivity contribution in [2.45, 2.75) is 46.6 Å². The number of benzene rings is 2. The lowest BCUT2D eigenvalue weighted by Crippen LogP contribution is -2.26. The first kappa shape index (κ1) is 23.4. The van der Waals surface area contributed by atoms with E-state index in [1.54, 1.807) is 0 Å². The standard InChI is InChI=1S/C28H29N7O/c1-4-9-23-18-35(26-19(3)10-8-11-20(26)5-2)28(36)34(23)17-22-15-14-21(16-29-22)24-12-6-7-13-25(24)27-30-32-33-31-27/h6-8,10-16,18H,4-5,9,17H2,1-3H3,(H,30,31,32,33). The van der Waals surface area contributed by atoms with Crippen molar-refractivity contribution in [1.29, 1.82) is 0 Å². The Labute approximate surface area is 209 Å². The van der Waals surface area contributed by atoms with Gasteiger partial charge < -0.3 is 0 Å². The van der Waals surface area contributed by atoms with Crippen LogP contribution in [0.15, 0.2) is 71.8 Å². The third-order valence-electron chi connectivity index (χ3n) is 6.49. The summed E-state index contributed by atoms with van der Waals surface area (Å²) < 4.78 is 3.67. The number of nitrogens with one attached hydrogen (secondary N) is 1. The average molecular weight is 480 g/mol. The van der Waals surface area contributed by atoms with Gasteiger partial charge in [0.05, 0.1) is 17.9 Å². The second-order valence-electron chi connectivity index (χ2n) is 8.88. The molecular formula is C28H29N7O. The maximum atomic E-state index is 13.6. The van der Waals surface area contributed by atoms with Gasteiger partial charge in [-0.15, -0.1) is 5.10 Å². The van der Waals surface area contributed by atoms with Gasteiger partial charge in [0.15, 0.2) is 5.82 Å². The van der Waals surface area contributed by atoms with Gasteiger partial charge in [-0.05, 0) is 52.9 Å². The second kappa shape index (κ2) is 10.1. The molecule has 5 aromatic rings. The summed E-state index contributed by atoms with van der Waals surface area (Å²) >= 11 is 0. The number of tetrazole rings is 1. The number of pyridine rings is 1. The zero-order valence-corrected chi connectivity index (χ0v) is 20.8. The summed E-state index contributed by atoms with van der Waals surface area (Å²) in [6.07, 6.45) is 6.50.